The number of rotatable bonds is 9. The van der Waals surface area contributed by atoms with Gasteiger partial charge in [-0.1, -0.05) is 24.3 Å². The first-order valence-corrected chi connectivity index (χ1v) is 10.7. The number of carbonyl (C=O) groups is 2. The first-order valence-electron chi connectivity index (χ1n) is 9.19. The van der Waals surface area contributed by atoms with Gasteiger partial charge in [-0.15, -0.1) is 0 Å². The Morgan fingerprint density at radius 2 is 1.73 bits per heavy atom. The maximum atomic E-state index is 12.6. The van der Waals surface area contributed by atoms with Gasteiger partial charge in [0.05, 0.1) is 17.4 Å². The molecule has 0 aliphatic rings. The van der Waals surface area contributed by atoms with Crippen molar-refractivity contribution < 1.29 is 22.7 Å². The summed E-state index contributed by atoms with van der Waals surface area (Å²) in [7, 11) is -3.86. The van der Waals surface area contributed by atoms with Crippen molar-refractivity contribution in [1.82, 2.24) is 4.72 Å². The van der Waals surface area contributed by atoms with E-state index < -0.39 is 35.1 Å². The molecule has 0 fully saturated rings. The number of carbonyl (C=O) groups excluding carboxylic acids is 2. The second-order valence-corrected chi connectivity index (χ2v) is 8.36. The summed E-state index contributed by atoms with van der Waals surface area (Å²) >= 11 is 0. The molecular weight excluding hydrogens is 406 g/mol. The Balaban J connectivity index is 1.97. The van der Waals surface area contributed by atoms with Crippen LogP contribution in [0.2, 0.25) is 0 Å². The largest absolute Gasteiger partial charge is 0.455 e. The maximum absolute atomic E-state index is 12.6. The zero-order valence-electron chi connectivity index (χ0n) is 16.8. The average Bonchev–Trinajstić information content (AvgIpc) is 2.71. The molecule has 9 heteroatoms. The van der Waals surface area contributed by atoms with Gasteiger partial charge in [0.2, 0.25) is 10.0 Å². The Bertz CT molecular complexity index is 1030. The Kier molecular flexibility index (Phi) is 8.09. The van der Waals surface area contributed by atoms with Gasteiger partial charge < -0.3 is 9.64 Å². The van der Waals surface area contributed by atoms with E-state index in [0.717, 1.165) is 11.1 Å². The fourth-order valence-electron chi connectivity index (χ4n) is 2.77. The van der Waals surface area contributed by atoms with E-state index in [1.54, 1.807) is 30.3 Å². The first-order chi connectivity index (χ1) is 14.2. The Morgan fingerprint density at radius 1 is 1.10 bits per heavy atom. The number of sulfonamides is 1. The number of aryl methyl sites for hydroxylation is 2. The highest BCUT2D eigenvalue weighted by Gasteiger charge is 2.20. The number of ether oxygens (including phenoxy) is 1. The van der Waals surface area contributed by atoms with Gasteiger partial charge in [0.15, 0.2) is 6.61 Å². The number of benzene rings is 2. The summed E-state index contributed by atoms with van der Waals surface area (Å²) < 4.78 is 31.3. The number of hydrogen-bond donors (Lipinski definition) is 1. The zero-order valence-corrected chi connectivity index (χ0v) is 17.6. The molecule has 8 nitrogen and oxygen atoms in total. The number of nitriles is 1. The molecule has 2 aromatic rings. The van der Waals surface area contributed by atoms with Gasteiger partial charge >= 0.3 is 5.97 Å². The summed E-state index contributed by atoms with van der Waals surface area (Å²) in [6, 6.07) is 15.1. The van der Waals surface area contributed by atoms with E-state index >= 15 is 0 Å². The quantitative estimate of drug-likeness (QED) is 0.610. The number of nitrogens with one attached hydrogen (secondary N) is 1. The molecule has 0 spiro atoms. The van der Waals surface area contributed by atoms with E-state index in [1.807, 2.05) is 26.0 Å². The van der Waals surface area contributed by atoms with Crippen LogP contribution in [0.4, 0.5) is 5.69 Å². The molecule has 158 valence electrons. The smallest absolute Gasteiger partial charge is 0.321 e. The van der Waals surface area contributed by atoms with Crippen LogP contribution >= 0.6 is 0 Å². The van der Waals surface area contributed by atoms with E-state index in [0.29, 0.717) is 5.69 Å². The van der Waals surface area contributed by atoms with Crippen LogP contribution in [0.25, 0.3) is 0 Å². The summed E-state index contributed by atoms with van der Waals surface area (Å²) in [6.45, 7) is 2.76. The lowest BCUT2D eigenvalue weighted by molar-refractivity contribution is -0.146. The molecule has 0 saturated heterocycles. The molecule has 0 saturated carbocycles. The Morgan fingerprint density at radius 3 is 2.33 bits per heavy atom. The molecule has 0 aliphatic carbocycles. The monoisotopic (exact) mass is 429 g/mol. The average molecular weight is 429 g/mol. The molecule has 0 aromatic heterocycles. The van der Waals surface area contributed by atoms with E-state index in [9.17, 15) is 18.0 Å². The molecule has 0 bridgehead atoms. The van der Waals surface area contributed by atoms with Gasteiger partial charge in [0, 0.05) is 12.2 Å². The van der Waals surface area contributed by atoms with Crippen molar-refractivity contribution in [3.63, 3.8) is 0 Å². The Hall–Kier alpha value is -3.22. The molecule has 0 radical (unpaired) electrons. The highest BCUT2D eigenvalue weighted by molar-refractivity contribution is 7.89. The number of amides is 1. The topological polar surface area (TPSA) is 117 Å². The predicted octanol–water partition coefficient (Wildman–Crippen LogP) is 2.07. The van der Waals surface area contributed by atoms with Gasteiger partial charge in [-0.2, -0.15) is 9.98 Å². The van der Waals surface area contributed by atoms with E-state index in [2.05, 4.69) is 4.72 Å². The third-order valence-corrected chi connectivity index (χ3v) is 5.50. The maximum Gasteiger partial charge on any atom is 0.321 e. The number of esters is 1. The molecule has 2 aromatic carbocycles. The highest BCUT2D eigenvalue weighted by atomic mass is 32.2. The lowest BCUT2D eigenvalue weighted by atomic mass is 10.1. The summed E-state index contributed by atoms with van der Waals surface area (Å²) in [6.07, 6.45) is 0.115. The molecule has 2 rings (SSSR count). The summed E-state index contributed by atoms with van der Waals surface area (Å²) in [5, 5.41) is 8.87. The van der Waals surface area contributed by atoms with Crippen LogP contribution < -0.4 is 9.62 Å². The number of nitrogens with zero attached hydrogens (tertiary/aromatic N) is 2. The molecule has 1 N–H and O–H groups in total. The van der Waals surface area contributed by atoms with Gasteiger partial charge in [-0.25, -0.2) is 8.42 Å². The lowest BCUT2D eigenvalue weighted by Crippen LogP contribution is -2.37. The molecule has 0 heterocycles. The van der Waals surface area contributed by atoms with Crippen molar-refractivity contribution in [3.8, 4) is 6.07 Å². The fourth-order valence-corrected chi connectivity index (χ4v) is 3.76. The van der Waals surface area contributed by atoms with Crippen LogP contribution in [0.1, 0.15) is 17.5 Å². The second kappa shape index (κ2) is 10.5. The molecule has 30 heavy (non-hydrogen) atoms. The number of anilines is 1. The predicted molar refractivity (Wildman–Crippen MR) is 111 cm³/mol. The summed E-state index contributed by atoms with van der Waals surface area (Å²) in [5.41, 5.74) is 2.51. The van der Waals surface area contributed by atoms with Crippen molar-refractivity contribution in [1.29, 1.82) is 5.26 Å². The van der Waals surface area contributed by atoms with E-state index in [1.165, 1.54) is 17.0 Å². The zero-order chi connectivity index (χ0) is 22.1. The molecular formula is C21H23N3O5S. The second-order valence-electron chi connectivity index (χ2n) is 6.60. The SMILES string of the molecule is Cc1cc(C)cc(N(CCC#N)C(=O)COC(=O)CNS(=O)(=O)c2ccccc2)c1. The molecule has 0 aliphatic heterocycles. The van der Waals surface area contributed by atoms with Gasteiger partial charge in [0.25, 0.3) is 5.91 Å². The van der Waals surface area contributed by atoms with Crippen LogP contribution in [0.15, 0.2) is 53.4 Å². The van der Waals surface area contributed by atoms with Crippen molar-refractivity contribution in [2.75, 3.05) is 24.6 Å². The third-order valence-electron chi connectivity index (χ3n) is 4.08. The Labute approximate surface area is 176 Å². The van der Waals surface area contributed by atoms with Gasteiger partial charge in [0.1, 0.15) is 6.54 Å². The minimum absolute atomic E-state index is 0.0198. The van der Waals surface area contributed by atoms with Gasteiger partial charge in [-0.3, -0.25) is 9.59 Å². The van der Waals surface area contributed by atoms with Crippen LogP contribution in [0.5, 0.6) is 0 Å². The van der Waals surface area contributed by atoms with Crippen molar-refractivity contribution in [3.05, 3.63) is 59.7 Å². The lowest BCUT2D eigenvalue weighted by Gasteiger charge is -2.22. The highest BCUT2D eigenvalue weighted by Crippen LogP contribution is 2.19. The molecule has 1 amide bonds. The fraction of sp³-hybridized carbons (Fsp3) is 0.286. The van der Waals surface area contributed by atoms with Crippen LogP contribution in [-0.2, 0) is 24.3 Å². The normalized spacial score (nSPS) is 10.8. The minimum Gasteiger partial charge on any atom is -0.455 e. The third kappa shape index (κ3) is 6.69. The van der Waals surface area contributed by atoms with Crippen molar-refractivity contribution in [2.24, 2.45) is 0 Å². The van der Waals surface area contributed by atoms with Crippen LogP contribution in [0, 0.1) is 25.2 Å². The van der Waals surface area contributed by atoms with E-state index in [-0.39, 0.29) is 17.9 Å². The standard InChI is InChI=1S/C21H23N3O5S/c1-16-11-17(2)13-18(12-16)24(10-6-9-22)20(25)15-29-21(26)14-23-30(27,28)19-7-4-3-5-8-19/h3-5,7-8,11-13,23H,6,10,14-15H2,1-2H3. The minimum atomic E-state index is -3.86. The van der Waals surface area contributed by atoms with Crippen molar-refractivity contribution in [2.45, 2.75) is 25.2 Å². The van der Waals surface area contributed by atoms with Crippen LogP contribution in [-0.4, -0.2) is 40.0 Å². The van der Waals surface area contributed by atoms with Crippen LogP contribution in [0.3, 0.4) is 0 Å². The molecule has 0 atom stereocenters. The summed E-state index contributed by atoms with van der Waals surface area (Å²) in [5.74, 6) is -1.39. The summed E-state index contributed by atoms with van der Waals surface area (Å²) in [4.78, 5) is 25.9. The molecule has 0 unspecified atom stereocenters. The van der Waals surface area contributed by atoms with E-state index in [4.69, 9.17) is 10.00 Å². The number of hydrogen-bond acceptors (Lipinski definition) is 6. The first kappa shape index (κ1) is 23.1. The van der Waals surface area contributed by atoms with Gasteiger partial charge in [-0.05, 0) is 49.2 Å². The van der Waals surface area contributed by atoms with Crippen molar-refractivity contribution >= 4 is 27.6 Å².